The Kier molecular flexibility index (Phi) is 6.59. The van der Waals surface area contributed by atoms with Crippen LogP contribution in [0, 0.1) is 5.92 Å². The number of nitrogens with one attached hydrogen (secondary N) is 1. The van der Waals surface area contributed by atoms with E-state index in [2.05, 4.69) is 16.0 Å². The lowest BCUT2D eigenvalue weighted by Crippen LogP contribution is -2.28. The van der Waals surface area contributed by atoms with Crippen molar-refractivity contribution in [3.63, 3.8) is 0 Å². The molecule has 2 aromatic rings. The molecule has 0 spiro atoms. The van der Waals surface area contributed by atoms with Crippen molar-refractivity contribution in [1.29, 1.82) is 0 Å². The number of carbonyl (C=O) groups is 1. The van der Waals surface area contributed by atoms with Gasteiger partial charge in [0, 0.05) is 32.0 Å². The summed E-state index contributed by atoms with van der Waals surface area (Å²) in [4.78, 5) is 16.3. The maximum absolute atomic E-state index is 11.6. The standard InChI is InChI=1S/C18H27N3O2/c1-4-23-13-12-21-16-9-6-5-8-15(16)20-17(21)10-7-11-19-18(22)14(2)3/h5-6,8-9,14H,4,7,10-13H2,1-3H3,(H,19,22). The minimum absolute atomic E-state index is 0.0331. The van der Waals surface area contributed by atoms with Crippen molar-refractivity contribution >= 4 is 16.9 Å². The number of aryl methyl sites for hydroxylation is 1. The highest BCUT2D eigenvalue weighted by Gasteiger charge is 2.11. The Bertz CT molecular complexity index is 634. The maximum atomic E-state index is 11.6. The minimum atomic E-state index is 0.0331. The van der Waals surface area contributed by atoms with Crippen LogP contribution in [0.3, 0.4) is 0 Å². The normalized spacial score (nSPS) is 11.3. The van der Waals surface area contributed by atoms with E-state index < -0.39 is 0 Å². The molecular weight excluding hydrogens is 290 g/mol. The van der Waals surface area contributed by atoms with E-state index in [-0.39, 0.29) is 11.8 Å². The topological polar surface area (TPSA) is 56.1 Å². The number of nitrogens with zero attached hydrogens (tertiary/aromatic N) is 2. The summed E-state index contributed by atoms with van der Waals surface area (Å²) in [6.07, 6.45) is 1.73. The van der Waals surface area contributed by atoms with Gasteiger partial charge in [0.1, 0.15) is 5.82 Å². The van der Waals surface area contributed by atoms with E-state index >= 15 is 0 Å². The second-order valence-corrected chi connectivity index (χ2v) is 5.91. The van der Waals surface area contributed by atoms with Crippen molar-refractivity contribution in [3.05, 3.63) is 30.1 Å². The predicted octanol–water partition coefficient (Wildman–Crippen LogP) is 2.78. The van der Waals surface area contributed by atoms with Crippen LogP contribution in [0.1, 0.15) is 33.0 Å². The number of fused-ring (bicyclic) bond motifs is 1. The Hall–Kier alpha value is -1.88. The lowest BCUT2D eigenvalue weighted by Gasteiger charge is -2.10. The summed E-state index contributed by atoms with van der Waals surface area (Å²) in [5.41, 5.74) is 2.17. The Labute approximate surface area is 138 Å². The average Bonchev–Trinajstić information content (AvgIpc) is 2.89. The van der Waals surface area contributed by atoms with Crippen molar-refractivity contribution in [3.8, 4) is 0 Å². The molecule has 126 valence electrons. The largest absolute Gasteiger partial charge is 0.380 e. The molecule has 0 bridgehead atoms. The van der Waals surface area contributed by atoms with E-state index in [1.54, 1.807) is 0 Å². The van der Waals surface area contributed by atoms with Crippen LogP contribution in [-0.4, -0.2) is 35.2 Å². The summed E-state index contributed by atoms with van der Waals surface area (Å²) in [5.74, 6) is 1.20. The van der Waals surface area contributed by atoms with Gasteiger partial charge < -0.3 is 14.6 Å². The third kappa shape index (κ3) is 4.79. The third-order valence-corrected chi connectivity index (χ3v) is 3.80. The van der Waals surface area contributed by atoms with Crippen LogP contribution < -0.4 is 5.32 Å². The molecule has 1 heterocycles. The number of amides is 1. The molecule has 0 atom stereocenters. The molecule has 23 heavy (non-hydrogen) atoms. The predicted molar refractivity (Wildman–Crippen MR) is 92.4 cm³/mol. The molecule has 1 N–H and O–H groups in total. The van der Waals surface area contributed by atoms with Crippen LogP contribution >= 0.6 is 0 Å². The first-order valence-electron chi connectivity index (χ1n) is 8.43. The summed E-state index contributed by atoms with van der Waals surface area (Å²) < 4.78 is 7.72. The van der Waals surface area contributed by atoms with E-state index in [1.807, 2.05) is 39.0 Å². The van der Waals surface area contributed by atoms with Gasteiger partial charge in [0.05, 0.1) is 17.6 Å². The zero-order chi connectivity index (χ0) is 16.7. The molecule has 1 amide bonds. The van der Waals surface area contributed by atoms with Crippen molar-refractivity contribution in [1.82, 2.24) is 14.9 Å². The summed E-state index contributed by atoms with van der Waals surface area (Å²) in [6.45, 7) is 8.72. The fourth-order valence-electron chi connectivity index (χ4n) is 2.53. The first-order valence-corrected chi connectivity index (χ1v) is 8.43. The quantitative estimate of drug-likeness (QED) is 0.724. The molecule has 0 saturated heterocycles. The molecule has 0 aliphatic rings. The number of imidazole rings is 1. The summed E-state index contributed by atoms with van der Waals surface area (Å²) in [5, 5.41) is 2.96. The van der Waals surface area contributed by atoms with Crippen LogP contribution in [0.2, 0.25) is 0 Å². The summed E-state index contributed by atoms with van der Waals surface area (Å²) in [6, 6.07) is 8.18. The molecule has 0 radical (unpaired) electrons. The SMILES string of the molecule is CCOCCn1c(CCCNC(=O)C(C)C)nc2ccccc21. The molecule has 2 rings (SSSR count). The van der Waals surface area contributed by atoms with Gasteiger partial charge in [0.2, 0.25) is 5.91 Å². The second kappa shape index (κ2) is 8.67. The molecule has 1 aromatic heterocycles. The zero-order valence-corrected chi connectivity index (χ0v) is 14.3. The lowest BCUT2D eigenvalue weighted by molar-refractivity contribution is -0.123. The molecular formula is C18H27N3O2. The van der Waals surface area contributed by atoms with Crippen LogP contribution in [0.15, 0.2) is 24.3 Å². The number of aromatic nitrogens is 2. The number of hydrogen-bond acceptors (Lipinski definition) is 3. The van der Waals surface area contributed by atoms with Crippen molar-refractivity contribution in [2.45, 2.75) is 40.2 Å². The number of rotatable bonds is 9. The Balaban J connectivity index is 2.00. The van der Waals surface area contributed by atoms with Gasteiger partial charge in [-0.2, -0.15) is 0 Å². The second-order valence-electron chi connectivity index (χ2n) is 5.91. The Morgan fingerprint density at radius 3 is 2.87 bits per heavy atom. The minimum Gasteiger partial charge on any atom is -0.380 e. The van der Waals surface area contributed by atoms with Crippen LogP contribution in [0.25, 0.3) is 11.0 Å². The number of hydrogen-bond donors (Lipinski definition) is 1. The first-order chi connectivity index (χ1) is 11.1. The van der Waals surface area contributed by atoms with Gasteiger partial charge in [-0.25, -0.2) is 4.98 Å². The maximum Gasteiger partial charge on any atom is 0.222 e. The smallest absolute Gasteiger partial charge is 0.222 e. The first kappa shape index (κ1) is 17.5. The number of benzene rings is 1. The molecule has 0 aliphatic carbocycles. The fraction of sp³-hybridized carbons (Fsp3) is 0.556. The van der Waals surface area contributed by atoms with Gasteiger partial charge in [-0.1, -0.05) is 26.0 Å². The van der Waals surface area contributed by atoms with E-state index in [0.717, 1.165) is 42.9 Å². The van der Waals surface area contributed by atoms with E-state index in [4.69, 9.17) is 9.72 Å². The van der Waals surface area contributed by atoms with Crippen LogP contribution in [-0.2, 0) is 22.5 Å². The molecule has 0 saturated carbocycles. The molecule has 5 heteroatoms. The zero-order valence-electron chi connectivity index (χ0n) is 14.3. The van der Waals surface area contributed by atoms with Gasteiger partial charge in [-0.3, -0.25) is 4.79 Å². The summed E-state index contributed by atoms with van der Waals surface area (Å²) >= 11 is 0. The summed E-state index contributed by atoms with van der Waals surface area (Å²) in [7, 11) is 0. The van der Waals surface area contributed by atoms with Gasteiger partial charge in [0.25, 0.3) is 0 Å². The van der Waals surface area contributed by atoms with Gasteiger partial charge in [-0.15, -0.1) is 0 Å². The number of ether oxygens (including phenoxy) is 1. The van der Waals surface area contributed by atoms with E-state index in [0.29, 0.717) is 13.2 Å². The van der Waals surface area contributed by atoms with Crippen molar-refractivity contribution in [2.75, 3.05) is 19.8 Å². The van der Waals surface area contributed by atoms with Crippen molar-refractivity contribution < 1.29 is 9.53 Å². The average molecular weight is 317 g/mol. The molecule has 0 unspecified atom stereocenters. The van der Waals surface area contributed by atoms with Crippen LogP contribution in [0.5, 0.6) is 0 Å². The highest BCUT2D eigenvalue weighted by Crippen LogP contribution is 2.17. The molecule has 0 aliphatic heterocycles. The molecule has 5 nitrogen and oxygen atoms in total. The Morgan fingerprint density at radius 2 is 2.13 bits per heavy atom. The van der Waals surface area contributed by atoms with E-state index in [1.165, 1.54) is 0 Å². The monoisotopic (exact) mass is 317 g/mol. The van der Waals surface area contributed by atoms with Gasteiger partial charge in [0.15, 0.2) is 0 Å². The van der Waals surface area contributed by atoms with E-state index in [9.17, 15) is 4.79 Å². The number of para-hydroxylation sites is 2. The fourth-order valence-corrected chi connectivity index (χ4v) is 2.53. The lowest BCUT2D eigenvalue weighted by atomic mass is 10.2. The van der Waals surface area contributed by atoms with Gasteiger partial charge >= 0.3 is 0 Å². The molecule has 1 aromatic carbocycles. The van der Waals surface area contributed by atoms with Gasteiger partial charge in [-0.05, 0) is 25.5 Å². The highest BCUT2D eigenvalue weighted by atomic mass is 16.5. The Morgan fingerprint density at radius 1 is 1.35 bits per heavy atom. The van der Waals surface area contributed by atoms with Crippen molar-refractivity contribution in [2.24, 2.45) is 5.92 Å². The third-order valence-electron chi connectivity index (χ3n) is 3.80. The number of carbonyl (C=O) groups excluding carboxylic acids is 1. The highest BCUT2D eigenvalue weighted by molar-refractivity contribution is 5.77. The van der Waals surface area contributed by atoms with Crippen LogP contribution in [0.4, 0.5) is 0 Å². The molecule has 0 fully saturated rings.